The predicted molar refractivity (Wildman–Crippen MR) is 107 cm³/mol. The molecule has 0 aliphatic heterocycles. The zero-order chi connectivity index (χ0) is 19.3. The van der Waals surface area contributed by atoms with Gasteiger partial charge in [-0.15, -0.1) is 0 Å². The zero-order valence-corrected chi connectivity index (χ0v) is 17.1. The van der Waals surface area contributed by atoms with Crippen molar-refractivity contribution in [2.24, 2.45) is 0 Å². The molecule has 0 saturated heterocycles. The van der Waals surface area contributed by atoms with Crippen LogP contribution >= 0.6 is 27.5 Å². The molecule has 2 amide bonds. The van der Waals surface area contributed by atoms with Gasteiger partial charge in [0.05, 0.1) is 6.54 Å². The van der Waals surface area contributed by atoms with Crippen LogP contribution in [0, 0.1) is 6.92 Å². The summed E-state index contributed by atoms with van der Waals surface area (Å²) in [5, 5.41) is 3.33. The second-order valence-corrected chi connectivity index (χ2v) is 7.27. The molecule has 1 unspecified atom stereocenters. The fourth-order valence-electron chi connectivity index (χ4n) is 2.36. The first-order chi connectivity index (χ1) is 12.3. The van der Waals surface area contributed by atoms with E-state index in [1.54, 1.807) is 38.2 Å². The summed E-state index contributed by atoms with van der Waals surface area (Å²) in [6.07, 6.45) is -0.735. The number of amides is 2. The second kappa shape index (κ2) is 9.05. The topological polar surface area (TPSA) is 58.6 Å². The first kappa shape index (κ1) is 20.3. The summed E-state index contributed by atoms with van der Waals surface area (Å²) in [5.74, 6) is -0.0735. The lowest BCUT2D eigenvalue weighted by Crippen LogP contribution is -2.42. The highest BCUT2D eigenvalue weighted by atomic mass is 79.9. The number of carbonyl (C=O) groups is 2. The molecule has 26 heavy (non-hydrogen) atoms. The van der Waals surface area contributed by atoms with Crippen molar-refractivity contribution in [3.63, 3.8) is 0 Å². The highest BCUT2D eigenvalue weighted by Crippen LogP contribution is 2.20. The number of benzene rings is 2. The monoisotopic (exact) mass is 438 g/mol. The quantitative estimate of drug-likeness (QED) is 0.731. The number of anilines is 1. The first-order valence-electron chi connectivity index (χ1n) is 7.99. The lowest BCUT2D eigenvalue weighted by atomic mass is 10.2. The van der Waals surface area contributed by atoms with Gasteiger partial charge in [0.15, 0.2) is 6.10 Å². The molecule has 0 spiro atoms. The van der Waals surface area contributed by atoms with Gasteiger partial charge in [0.25, 0.3) is 5.91 Å². The molecule has 0 aliphatic carbocycles. The maximum absolute atomic E-state index is 12.4. The Labute approximate surface area is 166 Å². The van der Waals surface area contributed by atoms with E-state index in [9.17, 15) is 9.59 Å². The van der Waals surface area contributed by atoms with E-state index in [0.29, 0.717) is 16.5 Å². The SMILES string of the molecule is Cc1cc(Br)ccc1NC(=O)CN(C)C(=O)C(C)Oc1cccc(Cl)c1. The number of halogens is 2. The first-order valence-corrected chi connectivity index (χ1v) is 9.16. The fourth-order valence-corrected chi connectivity index (χ4v) is 3.01. The van der Waals surface area contributed by atoms with Crippen molar-refractivity contribution >= 4 is 45.0 Å². The highest BCUT2D eigenvalue weighted by Gasteiger charge is 2.21. The zero-order valence-electron chi connectivity index (χ0n) is 14.8. The summed E-state index contributed by atoms with van der Waals surface area (Å²) in [6, 6.07) is 12.4. The Kier molecular flexibility index (Phi) is 7.06. The molecule has 0 saturated carbocycles. The van der Waals surface area contributed by atoms with Gasteiger partial charge in [-0.3, -0.25) is 9.59 Å². The molecule has 0 radical (unpaired) electrons. The van der Waals surface area contributed by atoms with Crippen molar-refractivity contribution in [1.29, 1.82) is 0 Å². The predicted octanol–water partition coefficient (Wildman–Crippen LogP) is 4.28. The van der Waals surface area contributed by atoms with Crippen LogP contribution in [0.4, 0.5) is 5.69 Å². The van der Waals surface area contributed by atoms with E-state index >= 15 is 0 Å². The number of rotatable bonds is 6. The van der Waals surface area contributed by atoms with Gasteiger partial charge in [0.1, 0.15) is 5.75 Å². The molecule has 2 aromatic rings. The fraction of sp³-hybridized carbons (Fsp3) is 0.263. The third kappa shape index (κ3) is 5.75. The van der Waals surface area contributed by atoms with Crippen LogP contribution in [0.1, 0.15) is 12.5 Å². The van der Waals surface area contributed by atoms with Crippen LogP contribution < -0.4 is 10.1 Å². The summed E-state index contributed by atoms with van der Waals surface area (Å²) in [5.41, 5.74) is 1.64. The number of aryl methyl sites for hydroxylation is 1. The Balaban J connectivity index is 1.91. The van der Waals surface area contributed by atoms with E-state index in [-0.39, 0.29) is 18.4 Å². The molecule has 0 aliphatic rings. The number of carbonyl (C=O) groups excluding carboxylic acids is 2. The van der Waals surface area contributed by atoms with Gasteiger partial charge in [-0.2, -0.15) is 0 Å². The molecule has 0 aromatic heterocycles. The van der Waals surface area contributed by atoms with Crippen molar-refractivity contribution in [3.8, 4) is 5.75 Å². The molecule has 0 heterocycles. The van der Waals surface area contributed by atoms with E-state index in [4.69, 9.17) is 16.3 Å². The van der Waals surface area contributed by atoms with Gasteiger partial charge in [-0.1, -0.05) is 33.6 Å². The smallest absolute Gasteiger partial charge is 0.263 e. The molecule has 0 fully saturated rings. The molecule has 7 heteroatoms. The number of hydrogen-bond acceptors (Lipinski definition) is 3. The largest absolute Gasteiger partial charge is 0.481 e. The number of likely N-dealkylation sites (N-methyl/N-ethyl adjacent to an activating group) is 1. The molecule has 5 nitrogen and oxygen atoms in total. The van der Waals surface area contributed by atoms with Crippen LogP contribution in [0.3, 0.4) is 0 Å². The summed E-state index contributed by atoms with van der Waals surface area (Å²) < 4.78 is 6.53. The molecule has 138 valence electrons. The number of hydrogen-bond donors (Lipinski definition) is 1. The summed E-state index contributed by atoms with van der Waals surface area (Å²) >= 11 is 9.29. The van der Waals surface area contributed by atoms with Gasteiger partial charge >= 0.3 is 0 Å². The second-order valence-electron chi connectivity index (χ2n) is 5.92. The molecule has 2 rings (SSSR count). The molecule has 1 N–H and O–H groups in total. The van der Waals surface area contributed by atoms with Gasteiger partial charge in [-0.05, 0) is 55.8 Å². The molecule has 0 bridgehead atoms. The maximum atomic E-state index is 12.4. The van der Waals surface area contributed by atoms with E-state index < -0.39 is 6.10 Å². The average Bonchev–Trinajstić information content (AvgIpc) is 2.56. The van der Waals surface area contributed by atoms with Crippen LogP contribution in [0.5, 0.6) is 5.75 Å². The molecular weight excluding hydrogens is 420 g/mol. The normalized spacial score (nSPS) is 11.6. The third-order valence-electron chi connectivity index (χ3n) is 3.68. The summed E-state index contributed by atoms with van der Waals surface area (Å²) in [7, 11) is 1.56. The molecular formula is C19H20BrClN2O3. The van der Waals surface area contributed by atoms with Gasteiger partial charge in [0, 0.05) is 22.2 Å². The molecule has 2 aromatic carbocycles. The Morgan fingerprint density at radius 3 is 2.65 bits per heavy atom. The number of nitrogens with zero attached hydrogens (tertiary/aromatic N) is 1. The lowest BCUT2D eigenvalue weighted by molar-refractivity contribution is -0.139. The Hall–Kier alpha value is -2.05. The Morgan fingerprint density at radius 1 is 1.27 bits per heavy atom. The maximum Gasteiger partial charge on any atom is 0.263 e. The van der Waals surface area contributed by atoms with E-state index in [1.807, 2.05) is 25.1 Å². The minimum atomic E-state index is -0.735. The van der Waals surface area contributed by atoms with E-state index in [1.165, 1.54) is 4.90 Å². The van der Waals surface area contributed by atoms with E-state index in [0.717, 1.165) is 10.0 Å². The summed E-state index contributed by atoms with van der Waals surface area (Å²) in [6.45, 7) is 3.46. The lowest BCUT2D eigenvalue weighted by Gasteiger charge is -2.22. The minimum Gasteiger partial charge on any atom is -0.481 e. The Morgan fingerprint density at radius 2 is 2.00 bits per heavy atom. The van der Waals surface area contributed by atoms with Crippen molar-refractivity contribution in [3.05, 3.63) is 57.5 Å². The van der Waals surface area contributed by atoms with Crippen molar-refractivity contribution in [2.75, 3.05) is 18.9 Å². The minimum absolute atomic E-state index is 0.0718. The van der Waals surface area contributed by atoms with Crippen LogP contribution in [-0.2, 0) is 9.59 Å². The van der Waals surface area contributed by atoms with Gasteiger partial charge in [0.2, 0.25) is 5.91 Å². The third-order valence-corrected chi connectivity index (χ3v) is 4.40. The molecule has 1 atom stereocenters. The van der Waals surface area contributed by atoms with Crippen LogP contribution in [0.15, 0.2) is 46.9 Å². The van der Waals surface area contributed by atoms with Crippen LogP contribution in [0.25, 0.3) is 0 Å². The average molecular weight is 440 g/mol. The number of nitrogens with one attached hydrogen (secondary N) is 1. The standard InChI is InChI=1S/C19H20BrClN2O3/c1-12-9-14(20)7-8-17(12)22-18(24)11-23(3)19(25)13(2)26-16-6-4-5-15(21)10-16/h4-10,13H,11H2,1-3H3,(H,22,24). The van der Waals surface area contributed by atoms with Crippen molar-refractivity contribution in [1.82, 2.24) is 4.90 Å². The van der Waals surface area contributed by atoms with Gasteiger partial charge < -0.3 is 15.0 Å². The highest BCUT2D eigenvalue weighted by molar-refractivity contribution is 9.10. The van der Waals surface area contributed by atoms with E-state index in [2.05, 4.69) is 21.2 Å². The summed E-state index contributed by atoms with van der Waals surface area (Å²) in [4.78, 5) is 26.0. The van der Waals surface area contributed by atoms with Crippen LogP contribution in [-0.4, -0.2) is 36.4 Å². The van der Waals surface area contributed by atoms with Crippen LogP contribution in [0.2, 0.25) is 5.02 Å². The van der Waals surface area contributed by atoms with Crippen molar-refractivity contribution in [2.45, 2.75) is 20.0 Å². The number of ether oxygens (including phenoxy) is 1. The Bertz CT molecular complexity index is 813. The van der Waals surface area contributed by atoms with Gasteiger partial charge in [-0.25, -0.2) is 0 Å². The van der Waals surface area contributed by atoms with Crippen molar-refractivity contribution < 1.29 is 14.3 Å².